The monoisotopic (exact) mass is 287 g/mol. The van der Waals surface area contributed by atoms with Crippen molar-refractivity contribution in [2.75, 3.05) is 49.9 Å². The Morgan fingerprint density at radius 1 is 1.00 bits per heavy atom. The Morgan fingerprint density at radius 2 is 1.67 bits per heavy atom. The van der Waals surface area contributed by atoms with Gasteiger partial charge in [-0.05, 0) is 24.1 Å². The van der Waals surface area contributed by atoms with E-state index in [0.29, 0.717) is 17.8 Å². The molecule has 0 aliphatic carbocycles. The van der Waals surface area contributed by atoms with Gasteiger partial charge in [-0.15, -0.1) is 0 Å². The molecular weight excluding hydrogens is 266 g/mol. The summed E-state index contributed by atoms with van der Waals surface area (Å²) < 4.78 is 0. The molecule has 7 nitrogen and oxygen atoms in total. The Balaban J connectivity index is 2.11. The summed E-state index contributed by atoms with van der Waals surface area (Å²) in [6.07, 6.45) is 4.53. The quantitative estimate of drug-likeness (QED) is 0.851. The highest BCUT2D eigenvalue weighted by Crippen LogP contribution is 2.14. The number of hydrogen-bond donors (Lipinski definition) is 1. The zero-order valence-electron chi connectivity index (χ0n) is 12.9. The SMILES string of the molecule is CNc1nc(N(C)C)nc(N(C)CCc2ccncc2)n1. The lowest BCUT2D eigenvalue weighted by molar-refractivity contribution is 0.822. The maximum atomic E-state index is 4.47. The molecule has 112 valence electrons. The molecule has 0 aliphatic heterocycles. The molecule has 2 heterocycles. The van der Waals surface area contributed by atoms with E-state index in [1.807, 2.05) is 55.5 Å². The van der Waals surface area contributed by atoms with Crippen molar-refractivity contribution in [3.63, 3.8) is 0 Å². The maximum Gasteiger partial charge on any atom is 0.231 e. The Morgan fingerprint density at radius 3 is 2.29 bits per heavy atom. The van der Waals surface area contributed by atoms with Gasteiger partial charge in [-0.25, -0.2) is 0 Å². The van der Waals surface area contributed by atoms with Gasteiger partial charge in [0.25, 0.3) is 0 Å². The molecule has 0 spiro atoms. The third-order valence-corrected chi connectivity index (χ3v) is 3.06. The van der Waals surface area contributed by atoms with Crippen LogP contribution in [-0.2, 0) is 6.42 Å². The van der Waals surface area contributed by atoms with Crippen molar-refractivity contribution in [3.05, 3.63) is 30.1 Å². The van der Waals surface area contributed by atoms with E-state index in [-0.39, 0.29) is 0 Å². The number of rotatable bonds is 6. The van der Waals surface area contributed by atoms with Crippen LogP contribution in [0.2, 0.25) is 0 Å². The van der Waals surface area contributed by atoms with Gasteiger partial charge in [-0.1, -0.05) is 0 Å². The molecule has 2 aromatic rings. The lowest BCUT2D eigenvalue weighted by Crippen LogP contribution is -2.25. The highest BCUT2D eigenvalue weighted by atomic mass is 15.3. The zero-order chi connectivity index (χ0) is 15.2. The van der Waals surface area contributed by atoms with E-state index in [9.17, 15) is 0 Å². The first kappa shape index (κ1) is 15.0. The maximum absolute atomic E-state index is 4.47. The summed E-state index contributed by atoms with van der Waals surface area (Å²) in [4.78, 5) is 21.1. The standard InChI is InChI=1S/C14H21N7/c1-15-12-17-13(20(2)3)19-14(18-12)21(4)10-7-11-5-8-16-9-6-11/h5-6,8-9H,7,10H2,1-4H3,(H,15,17,18,19). The van der Waals surface area contributed by atoms with Crippen LogP contribution in [0.4, 0.5) is 17.8 Å². The van der Waals surface area contributed by atoms with Crippen molar-refractivity contribution in [1.29, 1.82) is 0 Å². The summed E-state index contributed by atoms with van der Waals surface area (Å²) in [5.74, 6) is 1.87. The molecule has 0 amide bonds. The highest BCUT2D eigenvalue weighted by molar-refractivity contribution is 5.43. The minimum Gasteiger partial charge on any atom is -0.357 e. The van der Waals surface area contributed by atoms with E-state index < -0.39 is 0 Å². The second-order valence-corrected chi connectivity index (χ2v) is 4.93. The van der Waals surface area contributed by atoms with Gasteiger partial charge in [0.05, 0.1) is 0 Å². The number of anilines is 3. The van der Waals surface area contributed by atoms with Gasteiger partial charge in [-0.3, -0.25) is 4.98 Å². The van der Waals surface area contributed by atoms with Crippen molar-refractivity contribution >= 4 is 17.8 Å². The van der Waals surface area contributed by atoms with E-state index in [1.165, 1.54) is 5.56 Å². The van der Waals surface area contributed by atoms with Gasteiger partial charge >= 0.3 is 0 Å². The number of hydrogen-bond acceptors (Lipinski definition) is 7. The number of nitrogens with one attached hydrogen (secondary N) is 1. The zero-order valence-corrected chi connectivity index (χ0v) is 12.9. The summed E-state index contributed by atoms with van der Waals surface area (Å²) >= 11 is 0. The molecule has 21 heavy (non-hydrogen) atoms. The summed E-state index contributed by atoms with van der Waals surface area (Å²) in [6, 6.07) is 4.04. The minimum absolute atomic E-state index is 0.569. The Hall–Kier alpha value is -2.44. The van der Waals surface area contributed by atoms with Crippen LogP contribution < -0.4 is 15.1 Å². The van der Waals surface area contributed by atoms with Crippen molar-refractivity contribution in [1.82, 2.24) is 19.9 Å². The summed E-state index contributed by atoms with van der Waals surface area (Å²) in [7, 11) is 7.61. The van der Waals surface area contributed by atoms with E-state index in [1.54, 1.807) is 7.05 Å². The lowest BCUT2D eigenvalue weighted by Gasteiger charge is -2.19. The Labute approximate surface area is 125 Å². The molecular formula is C14H21N7. The molecule has 0 saturated carbocycles. The van der Waals surface area contributed by atoms with Crippen LogP contribution in [-0.4, -0.2) is 54.7 Å². The average molecular weight is 287 g/mol. The summed E-state index contributed by atoms with van der Waals surface area (Å²) in [5.41, 5.74) is 1.24. The first-order chi connectivity index (χ1) is 10.1. The largest absolute Gasteiger partial charge is 0.357 e. The van der Waals surface area contributed by atoms with Crippen molar-refractivity contribution in [3.8, 4) is 0 Å². The van der Waals surface area contributed by atoms with Crippen LogP contribution >= 0.6 is 0 Å². The molecule has 0 radical (unpaired) electrons. The molecule has 2 aromatic heterocycles. The van der Waals surface area contributed by atoms with Crippen molar-refractivity contribution < 1.29 is 0 Å². The molecule has 7 heteroatoms. The smallest absolute Gasteiger partial charge is 0.231 e. The first-order valence-corrected chi connectivity index (χ1v) is 6.81. The van der Waals surface area contributed by atoms with E-state index in [2.05, 4.69) is 25.3 Å². The molecule has 0 unspecified atom stereocenters. The van der Waals surface area contributed by atoms with Crippen LogP contribution in [0.25, 0.3) is 0 Å². The lowest BCUT2D eigenvalue weighted by atomic mass is 10.2. The van der Waals surface area contributed by atoms with E-state index in [4.69, 9.17) is 0 Å². The summed E-state index contributed by atoms with van der Waals surface area (Å²) in [5, 5.41) is 2.97. The fraction of sp³-hybridized carbons (Fsp3) is 0.429. The van der Waals surface area contributed by atoms with Gasteiger partial charge in [0.15, 0.2) is 0 Å². The summed E-state index contributed by atoms with van der Waals surface area (Å²) in [6.45, 7) is 0.823. The number of pyridine rings is 1. The van der Waals surface area contributed by atoms with E-state index >= 15 is 0 Å². The number of likely N-dealkylation sites (N-methyl/N-ethyl adjacent to an activating group) is 1. The average Bonchev–Trinajstić information content (AvgIpc) is 2.53. The topological polar surface area (TPSA) is 70.1 Å². The molecule has 0 aliphatic rings. The molecule has 2 rings (SSSR count). The fourth-order valence-corrected chi connectivity index (χ4v) is 1.78. The third-order valence-electron chi connectivity index (χ3n) is 3.06. The number of aromatic nitrogens is 4. The van der Waals surface area contributed by atoms with Crippen LogP contribution in [0.15, 0.2) is 24.5 Å². The Bertz CT molecular complexity index is 571. The highest BCUT2D eigenvalue weighted by Gasteiger charge is 2.11. The third kappa shape index (κ3) is 4.01. The van der Waals surface area contributed by atoms with Crippen molar-refractivity contribution in [2.45, 2.75) is 6.42 Å². The molecule has 1 N–H and O–H groups in total. The molecule has 0 saturated heterocycles. The molecule has 0 bridgehead atoms. The van der Waals surface area contributed by atoms with Gasteiger partial charge < -0.3 is 15.1 Å². The normalized spacial score (nSPS) is 10.3. The van der Waals surface area contributed by atoms with Gasteiger partial charge in [-0.2, -0.15) is 15.0 Å². The Kier molecular flexibility index (Phi) is 4.86. The second kappa shape index (κ2) is 6.83. The van der Waals surface area contributed by atoms with Crippen LogP contribution in [0.1, 0.15) is 5.56 Å². The molecule has 0 aromatic carbocycles. The molecule has 0 atom stereocenters. The first-order valence-electron chi connectivity index (χ1n) is 6.81. The van der Waals surface area contributed by atoms with Gasteiger partial charge in [0.1, 0.15) is 0 Å². The predicted molar refractivity (Wildman–Crippen MR) is 84.9 cm³/mol. The second-order valence-electron chi connectivity index (χ2n) is 4.93. The van der Waals surface area contributed by atoms with Gasteiger partial charge in [0, 0.05) is 47.1 Å². The minimum atomic E-state index is 0.569. The molecule has 0 fully saturated rings. The van der Waals surface area contributed by atoms with Gasteiger partial charge in [0.2, 0.25) is 17.8 Å². The predicted octanol–water partition coefficient (Wildman–Crippen LogP) is 1.05. The van der Waals surface area contributed by atoms with Crippen LogP contribution in [0, 0.1) is 0 Å². The van der Waals surface area contributed by atoms with Crippen molar-refractivity contribution in [2.24, 2.45) is 0 Å². The number of nitrogens with zero attached hydrogens (tertiary/aromatic N) is 6. The fourth-order valence-electron chi connectivity index (χ4n) is 1.78. The van der Waals surface area contributed by atoms with Crippen LogP contribution in [0.5, 0.6) is 0 Å². The van der Waals surface area contributed by atoms with Crippen LogP contribution in [0.3, 0.4) is 0 Å². The van der Waals surface area contributed by atoms with E-state index in [0.717, 1.165) is 13.0 Å².